The second-order valence-electron chi connectivity index (χ2n) is 6.99. The number of anilines is 1. The van der Waals surface area contributed by atoms with Gasteiger partial charge < -0.3 is 10.1 Å². The van der Waals surface area contributed by atoms with E-state index < -0.39 is 15.9 Å². The van der Waals surface area contributed by atoms with Crippen LogP contribution in [0.2, 0.25) is 0 Å². The summed E-state index contributed by atoms with van der Waals surface area (Å²) in [6.07, 6.45) is 0.663. The number of methoxy groups -OCH3 is 1. The Kier molecular flexibility index (Phi) is 5.46. The average Bonchev–Trinajstić information content (AvgIpc) is 3.23. The van der Waals surface area contributed by atoms with E-state index in [-0.39, 0.29) is 10.5 Å². The first kappa shape index (κ1) is 20.0. The quantitative estimate of drug-likeness (QED) is 0.661. The smallest absolute Gasteiger partial charge is 0.264 e. The van der Waals surface area contributed by atoms with Crippen LogP contribution in [0.3, 0.4) is 0 Å². The van der Waals surface area contributed by atoms with Gasteiger partial charge in [0.1, 0.15) is 5.75 Å². The summed E-state index contributed by atoms with van der Waals surface area (Å²) in [5.41, 5.74) is 2.81. The molecule has 0 fully saturated rings. The molecule has 0 bridgehead atoms. The zero-order chi connectivity index (χ0) is 21.1. The van der Waals surface area contributed by atoms with Crippen LogP contribution in [0.5, 0.6) is 5.75 Å². The summed E-state index contributed by atoms with van der Waals surface area (Å²) in [5.74, 6) is -0.0732. The van der Waals surface area contributed by atoms with Gasteiger partial charge in [-0.1, -0.05) is 48.5 Å². The van der Waals surface area contributed by atoms with Gasteiger partial charge in [0, 0.05) is 13.1 Å². The molecule has 0 saturated heterocycles. The van der Waals surface area contributed by atoms with Crippen molar-refractivity contribution in [2.45, 2.75) is 17.9 Å². The molecule has 0 aromatic heterocycles. The van der Waals surface area contributed by atoms with Crippen molar-refractivity contribution in [2.75, 3.05) is 18.0 Å². The maximum Gasteiger partial charge on any atom is 0.264 e. The van der Waals surface area contributed by atoms with Crippen molar-refractivity contribution in [3.05, 3.63) is 89.5 Å². The molecule has 4 rings (SSSR count). The van der Waals surface area contributed by atoms with Crippen LogP contribution in [-0.2, 0) is 23.0 Å². The third-order valence-corrected chi connectivity index (χ3v) is 6.95. The molecule has 1 N–H and O–H groups in total. The maximum atomic E-state index is 13.3. The second-order valence-corrected chi connectivity index (χ2v) is 8.85. The summed E-state index contributed by atoms with van der Waals surface area (Å²) in [5, 5.41) is 2.83. The third kappa shape index (κ3) is 3.76. The number of nitrogens with one attached hydrogen (secondary N) is 1. The highest BCUT2D eigenvalue weighted by Crippen LogP contribution is 2.33. The van der Waals surface area contributed by atoms with E-state index in [4.69, 9.17) is 4.74 Å². The lowest BCUT2D eigenvalue weighted by atomic mass is 10.1. The molecule has 154 valence electrons. The topological polar surface area (TPSA) is 75.7 Å². The summed E-state index contributed by atoms with van der Waals surface area (Å²) in [6.45, 7) is 0.711. The summed E-state index contributed by atoms with van der Waals surface area (Å²) < 4.78 is 33.3. The van der Waals surface area contributed by atoms with E-state index in [0.717, 1.165) is 11.1 Å². The van der Waals surface area contributed by atoms with Crippen molar-refractivity contribution in [3.8, 4) is 5.75 Å². The minimum atomic E-state index is -3.80. The third-order valence-electron chi connectivity index (χ3n) is 5.14. The van der Waals surface area contributed by atoms with Crippen LogP contribution in [0, 0.1) is 0 Å². The van der Waals surface area contributed by atoms with E-state index in [2.05, 4.69) is 5.32 Å². The molecule has 0 unspecified atom stereocenters. The summed E-state index contributed by atoms with van der Waals surface area (Å²) >= 11 is 0. The van der Waals surface area contributed by atoms with Crippen molar-refractivity contribution in [2.24, 2.45) is 0 Å². The van der Waals surface area contributed by atoms with Crippen LogP contribution in [0.15, 0.2) is 77.7 Å². The van der Waals surface area contributed by atoms with Gasteiger partial charge >= 0.3 is 0 Å². The Balaban J connectivity index is 1.63. The summed E-state index contributed by atoms with van der Waals surface area (Å²) in [4.78, 5) is 12.9. The maximum absolute atomic E-state index is 13.3. The number of fused-ring (bicyclic) bond motifs is 1. The van der Waals surface area contributed by atoms with Crippen LogP contribution in [0.1, 0.15) is 21.5 Å². The van der Waals surface area contributed by atoms with E-state index in [1.807, 2.05) is 48.5 Å². The Labute approximate surface area is 176 Å². The lowest BCUT2D eigenvalue weighted by Crippen LogP contribution is -2.29. The lowest BCUT2D eigenvalue weighted by Gasteiger charge is -2.20. The zero-order valence-electron chi connectivity index (χ0n) is 16.5. The van der Waals surface area contributed by atoms with Crippen molar-refractivity contribution in [1.29, 1.82) is 0 Å². The molecule has 1 heterocycles. The molecule has 0 aliphatic carbocycles. The standard InChI is InChI=1S/C23H22N2O4S/c1-29-22-12-11-19(15-20(22)23(26)24-16-17-7-3-2-4-8-17)30(27,28)25-14-13-18-9-5-6-10-21(18)25/h2-12,15H,13-14,16H2,1H3,(H,24,26). The molecule has 7 heteroatoms. The normalized spacial score (nSPS) is 13.0. The highest BCUT2D eigenvalue weighted by molar-refractivity contribution is 7.92. The number of hydrogen-bond donors (Lipinski definition) is 1. The van der Waals surface area contributed by atoms with Crippen molar-refractivity contribution < 1.29 is 17.9 Å². The van der Waals surface area contributed by atoms with Gasteiger partial charge in [0.05, 0.1) is 23.3 Å². The van der Waals surface area contributed by atoms with Gasteiger partial charge in [-0.2, -0.15) is 0 Å². The highest BCUT2D eigenvalue weighted by Gasteiger charge is 2.31. The molecule has 30 heavy (non-hydrogen) atoms. The SMILES string of the molecule is COc1ccc(S(=O)(=O)N2CCc3ccccc32)cc1C(=O)NCc1ccccc1. The summed E-state index contributed by atoms with van der Waals surface area (Å²) in [6, 6.07) is 21.3. The largest absolute Gasteiger partial charge is 0.496 e. The zero-order valence-corrected chi connectivity index (χ0v) is 17.4. The number of sulfonamides is 1. The lowest BCUT2D eigenvalue weighted by molar-refractivity contribution is 0.0947. The van der Waals surface area contributed by atoms with Crippen molar-refractivity contribution in [3.63, 3.8) is 0 Å². The van der Waals surface area contributed by atoms with Crippen LogP contribution >= 0.6 is 0 Å². The van der Waals surface area contributed by atoms with Crippen LogP contribution in [-0.4, -0.2) is 28.0 Å². The second kappa shape index (κ2) is 8.20. The molecule has 0 radical (unpaired) electrons. The van der Waals surface area contributed by atoms with E-state index in [9.17, 15) is 13.2 Å². The highest BCUT2D eigenvalue weighted by atomic mass is 32.2. The van der Waals surface area contributed by atoms with E-state index >= 15 is 0 Å². The molecule has 3 aromatic rings. The summed E-state index contributed by atoms with van der Waals surface area (Å²) in [7, 11) is -2.35. The number of rotatable bonds is 6. The number of benzene rings is 3. The fraction of sp³-hybridized carbons (Fsp3) is 0.174. The van der Waals surface area contributed by atoms with Crippen molar-refractivity contribution in [1.82, 2.24) is 5.32 Å². The number of amides is 1. The molecule has 0 atom stereocenters. The fourth-order valence-electron chi connectivity index (χ4n) is 3.58. The van der Waals surface area contributed by atoms with Crippen LogP contribution in [0.25, 0.3) is 0 Å². The van der Waals surface area contributed by atoms with Gasteiger partial charge in [-0.05, 0) is 41.8 Å². The minimum Gasteiger partial charge on any atom is -0.496 e. The Morgan fingerprint density at radius 3 is 2.53 bits per heavy atom. The van der Waals surface area contributed by atoms with E-state index in [1.54, 1.807) is 6.07 Å². The number of para-hydroxylation sites is 1. The Morgan fingerprint density at radius 1 is 1.03 bits per heavy atom. The van der Waals surface area contributed by atoms with E-state index in [0.29, 0.717) is 30.9 Å². The van der Waals surface area contributed by atoms with Gasteiger partial charge in [-0.15, -0.1) is 0 Å². The predicted molar refractivity (Wildman–Crippen MR) is 115 cm³/mol. The monoisotopic (exact) mass is 422 g/mol. The number of carbonyl (C=O) groups excluding carboxylic acids is 1. The molecular weight excluding hydrogens is 400 g/mol. The van der Waals surface area contributed by atoms with Gasteiger partial charge in [-0.3, -0.25) is 9.10 Å². The fourth-order valence-corrected chi connectivity index (χ4v) is 5.11. The number of ether oxygens (including phenoxy) is 1. The van der Waals surface area contributed by atoms with Crippen molar-refractivity contribution >= 4 is 21.6 Å². The van der Waals surface area contributed by atoms with Gasteiger partial charge in [0.15, 0.2) is 0 Å². The Bertz CT molecular complexity index is 1180. The number of carbonyl (C=O) groups is 1. The first-order chi connectivity index (χ1) is 14.5. The van der Waals surface area contributed by atoms with Crippen LogP contribution in [0.4, 0.5) is 5.69 Å². The average molecular weight is 423 g/mol. The Hall–Kier alpha value is -3.32. The van der Waals surface area contributed by atoms with E-state index in [1.165, 1.54) is 29.6 Å². The molecular formula is C23H22N2O4S. The molecule has 1 aliphatic heterocycles. The van der Waals surface area contributed by atoms with Crippen LogP contribution < -0.4 is 14.4 Å². The molecule has 6 nitrogen and oxygen atoms in total. The number of nitrogens with zero attached hydrogens (tertiary/aromatic N) is 1. The predicted octanol–water partition coefficient (Wildman–Crippen LogP) is 3.38. The molecule has 0 spiro atoms. The number of hydrogen-bond acceptors (Lipinski definition) is 4. The van der Waals surface area contributed by atoms with Gasteiger partial charge in [0.2, 0.25) is 0 Å². The molecule has 3 aromatic carbocycles. The molecule has 0 saturated carbocycles. The Morgan fingerprint density at radius 2 is 1.77 bits per heavy atom. The first-order valence-electron chi connectivity index (χ1n) is 9.61. The minimum absolute atomic E-state index is 0.0601. The van der Waals surface area contributed by atoms with Gasteiger partial charge in [0.25, 0.3) is 15.9 Å². The van der Waals surface area contributed by atoms with Gasteiger partial charge in [-0.25, -0.2) is 8.42 Å². The molecule has 1 amide bonds. The molecule has 1 aliphatic rings. The first-order valence-corrected chi connectivity index (χ1v) is 11.1.